The quantitative estimate of drug-likeness (QED) is 0.222. The van der Waals surface area contributed by atoms with Crippen LogP contribution < -0.4 is 0 Å². The molecule has 116 valence electrons. The molecule has 0 N–H and O–H groups in total. The van der Waals surface area contributed by atoms with Crippen molar-refractivity contribution in [2.45, 2.75) is 77.4 Å². The maximum Gasteiger partial charge on any atom is 0.302 e. The van der Waals surface area contributed by atoms with Gasteiger partial charge in [0.25, 0.3) is 0 Å². The van der Waals surface area contributed by atoms with Crippen LogP contribution >= 0.6 is 0 Å². The average molecular weight is 298 g/mol. The van der Waals surface area contributed by atoms with E-state index in [-0.39, 0.29) is 11.6 Å². The van der Waals surface area contributed by atoms with Gasteiger partial charge in [-0.2, -0.15) is 0 Å². The molecule has 1 aliphatic heterocycles. The second-order valence-corrected chi connectivity index (χ2v) is 13.0. The summed E-state index contributed by atoms with van der Waals surface area (Å²) in [5.41, 5.74) is 1.60. The minimum atomic E-state index is -1.11. The number of epoxide rings is 1. The van der Waals surface area contributed by atoms with E-state index < -0.39 is 8.07 Å². The molecule has 0 unspecified atom stereocenters. The van der Waals surface area contributed by atoms with E-state index in [0.717, 1.165) is 19.3 Å². The van der Waals surface area contributed by atoms with Gasteiger partial charge in [-0.3, -0.25) is 4.79 Å². The van der Waals surface area contributed by atoms with Crippen LogP contribution in [0.5, 0.6) is 0 Å². The molecule has 0 bridgehead atoms. The fourth-order valence-corrected chi connectivity index (χ4v) is 4.15. The predicted molar refractivity (Wildman–Crippen MR) is 85.7 cm³/mol. The topological polar surface area (TPSA) is 38.8 Å². The first kappa shape index (κ1) is 17.4. The first-order valence-electron chi connectivity index (χ1n) is 7.59. The summed E-state index contributed by atoms with van der Waals surface area (Å²) in [6.45, 7) is 13.4. The van der Waals surface area contributed by atoms with Crippen LogP contribution in [-0.2, 0) is 14.3 Å². The van der Waals surface area contributed by atoms with Crippen LogP contribution in [0.1, 0.15) is 40.0 Å². The van der Waals surface area contributed by atoms with Gasteiger partial charge in [0.05, 0.1) is 18.3 Å². The molecule has 0 radical (unpaired) electrons. The first-order valence-corrected chi connectivity index (χ1v) is 11.3. The highest BCUT2D eigenvalue weighted by molar-refractivity contribution is 6.76. The van der Waals surface area contributed by atoms with Crippen LogP contribution in [-0.4, -0.2) is 32.4 Å². The zero-order valence-corrected chi connectivity index (χ0v) is 14.9. The third-order valence-electron chi connectivity index (χ3n) is 3.51. The lowest BCUT2D eigenvalue weighted by Crippen LogP contribution is -2.20. The van der Waals surface area contributed by atoms with Crippen molar-refractivity contribution in [3.8, 4) is 0 Å². The van der Waals surface area contributed by atoms with Gasteiger partial charge in [0, 0.05) is 15.0 Å². The Hall–Kier alpha value is -0.613. The number of carbonyl (C=O) groups is 1. The minimum Gasteiger partial charge on any atom is -0.466 e. The Morgan fingerprint density at radius 2 is 1.95 bits per heavy atom. The highest BCUT2D eigenvalue weighted by atomic mass is 28.3. The van der Waals surface area contributed by atoms with Gasteiger partial charge in [-0.05, 0) is 39.2 Å². The molecule has 0 aromatic rings. The minimum absolute atomic E-state index is 0.0853. The number of carbonyl (C=O) groups excluding carboxylic acids is 1. The summed E-state index contributed by atoms with van der Waals surface area (Å²) in [7, 11) is -1.11. The molecule has 1 heterocycles. The molecule has 1 aliphatic rings. The average Bonchev–Trinajstić information content (AvgIpc) is 2.87. The smallest absolute Gasteiger partial charge is 0.302 e. The summed E-state index contributed by atoms with van der Waals surface area (Å²) in [6, 6.07) is 1.22. The largest absolute Gasteiger partial charge is 0.466 e. The van der Waals surface area contributed by atoms with Crippen molar-refractivity contribution in [1.29, 1.82) is 0 Å². The van der Waals surface area contributed by atoms with E-state index in [0.29, 0.717) is 12.7 Å². The van der Waals surface area contributed by atoms with Crippen LogP contribution in [0, 0.1) is 0 Å². The van der Waals surface area contributed by atoms with Crippen LogP contribution in [0.25, 0.3) is 0 Å². The molecule has 0 amide bonds. The summed E-state index contributed by atoms with van der Waals surface area (Å²) in [5.74, 6) is -0.196. The predicted octanol–water partition coefficient (Wildman–Crippen LogP) is 4.16. The van der Waals surface area contributed by atoms with E-state index in [1.54, 1.807) is 0 Å². The fourth-order valence-electron chi connectivity index (χ4n) is 2.47. The Bertz CT molecular complexity index is 366. The van der Waals surface area contributed by atoms with E-state index in [1.165, 1.54) is 18.5 Å². The third-order valence-corrected chi connectivity index (χ3v) is 5.02. The van der Waals surface area contributed by atoms with Crippen molar-refractivity contribution in [2.24, 2.45) is 0 Å². The second kappa shape index (κ2) is 6.90. The number of hydrogen-bond acceptors (Lipinski definition) is 3. The first-order chi connectivity index (χ1) is 9.10. The van der Waals surface area contributed by atoms with Gasteiger partial charge >= 0.3 is 5.97 Å². The third kappa shape index (κ3) is 7.24. The van der Waals surface area contributed by atoms with Crippen molar-refractivity contribution >= 4 is 14.0 Å². The monoisotopic (exact) mass is 298 g/mol. The molecule has 1 atom stereocenters. The van der Waals surface area contributed by atoms with Crippen molar-refractivity contribution in [2.75, 3.05) is 6.61 Å². The summed E-state index contributed by atoms with van der Waals surface area (Å²) < 4.78 is 10.7. The highest BCUT2D eigenvalue weighted by Crippen LogP contribution is 2.39. The number of hydrogen-bond donors (Lipinski definition) is 0. The maximum absolute atomic E-state index is 10.8. The molecular formula is C16H30O3Si. The van der Waals surface area contributed by atoms with Crippen molar-refractivity contribution in [3.63, 3.8) is 0 Å². The second-order valence-electron chi connectivity index (χ2n) is 7.48. The molecule has 0 aromatic heterocycles. The molecule has 1 rings (SSSR count). The van der Waals surface area contributed by atoms with Crippen LogP contribution in [0.3, 0.4) is 0 Å². The molecular weight excluding hydrogens is 268 g/mol. The molecule has 0 aromatic carbocycles. The van der Waals surface area contributed by atoms with E-state index in [1.807, 2.05) is 0 Å². The summed E-state index contributed by atoms with van der Waals surface area (Å²) in [4.78, 5) is 10.8. The highest BCUT2D eigenvalue weighted by Gasteiger charge is 2.46. The van der Waals surface area contributed by atoms with Crippen LogP contribution in [0.4, 0.5) is 0 Å². The fraction of sp³-hybridized carbons (Fsp3) is 0.812. The number of esters is 1. The molecule has 0 spiro atoms. The normalized spacial score (nSPS) is 21.7. The Kier molecular flexibility index (Phi) is 6.01. The lowest BCUT2D eigenvalue weighted by Gasteiger charge is -2.18. The van der Waals surface area contributed by atoms with Gasteiger partial charge in [0.15, 0.2) is 0 Å². The lowest BCUT2D eigenvalue weighted by atomic mass is 10.0. The van der Waals surface area contributed by atoms with Crippen LogP contribution in [0.2, 0.25) is 25.7 Å². The van der Waals surface area contributed by atoms with E-state index in [4.69, 9.17) is 9.47 Å². The summed E-state index contributed by atoms with van der Waals surface area (Å²) >= 11 is 0. The Morgan fingerprint density at radius 3 is 2.40 bits per heavy atom. The molecule has 0 saturated carbocycles. The van der Waals surface area contributed by atoms with Gasteiger partial charge in [-0.15, -0.1) is 0 Å². The van der Waals surface area contributed by atoms with Crippen molar-refractivity contribution in [3.05, 3.63) is 11.6 Å². The van der Waals surface area contributed by atoms with Gasteiger partial charge < -0.3 is 9.47 Å². The van der Waals surface area contributed by atoms with Crippen molar-refractivity contribution in [1.82, 2.24) is 0 Å². The number of rotatable bonds is 8. The van der Waals surface area contributed by atoms with Gasteiger partial charge in [-0.1, -0.05) is 31.3 Å². The number of allylic oxidation sites excluding steroid dienone is 1. The molecule has 0 aliphatic carbocycles. The van der Waals surface area contributed by atoms with E-state index >= 15 is 0 Å². The van der Waals surface area contributed by atoms with Gasteiger partial charge in [0.2, 0.25) is 0 Å². The molecule has 1 fully saturated rings. The zero-order valence-electron chi connectivity index (χ0n) is 13.9. The Morgan fingerprint density at radius 1 is 1.35 bits per heavy atom. The standard InChI is InChI=1S/C16H30O3Si/c1-13(17)18-11-7-8-14(12-20(4,5)6)9-10-15-16(2,3)19-15/h8,15H,7,9-12H2,1-6H3/b14-8-/t15-/m1/s1. The van der Waals surface area contributed by atoms with Gasteiger partial charge in [-0.25, -0.2) is 0 Å². The summed E-state index contributed by atoms with van der Waals surface area (Å²) in [5, 5.41) is 0. The van der Waals surface area contributed by atoms with E-state index in [2.05, 4.69) is 39.6 Å². The van der Waals surface area contributed by atoms with Crippen molar-refractivity contribution < 1.29 is 14.3 Å². The maximum atomic E-state index is 10.8. The molecule has 20 heavy (non-hydrogen) atoms. The Balaban J connectivity index is 2.42. The number of ether oxygens (including phenoxy) is 2. The van der Waals surface area contributed by atoms with E-state index in [9.17, 15) is 4.79 Å². The zero-order chi connectivity index (χ0) is 15.4. The molecule has 3 nitrogen and oxygen atoms in total. The molecule has 4 heteroatoms. The Labute approximate surface area is 124 Å². The SMILES string of the molecule is CC(=O)OCC/C=C(/CC[C@H]1OC1(C)C)C[Si](C)(C)C. The summed E-state index contributed by atoms with van der Waals surface area (Å²) in [6.07, 6.45) is 5.74. The lowest BCUT2D eigenvalue weighted by molar-refractivity contribution is -0.140. The molecule has 1 saturated heterocycles. The van der Waals surface area contributed by atoms with Gasteiger partial charge in [0.1, 0.15) is 0 Å². The van der Waals surface area contributed by atoms with Crippen LogP contribution in [0.15, 0.2) is 11.6 Å².